The number of aromatic hydroxyl groups is 1. The smallest absolute Gasteiger partial charge is 0.255 e. The summed E-state index contributed by atoms with van der Waals surface area (Å²) in [6.45, 7) is 1.38. The number of carbonyl (C=O) groups excluding carboxylic acids is 2. The third-order valence-electron chi connectivity index (χ3n) is 2.67. The molecule has 0 unspecified atom stereocenters. The number of phenols is 1. The summed E-state index contributed by atoms with van der Waals surface area (Å²) in [6.07, 6.45) is 0. The Bertz CT molecular complexity index is 621. The number of rotatable bonds is 3. The van der Waals surface area contributed by atoms with Crippen molar-refractivity contribution in [3.63, 3.8) is 0 Å². The van der Waals surface area contributed by atoms with Gasteiger partial charge < -0.3 is 10.4 Å². The van der Waals surface area contributed by atoms with Gasteiger partial charge in [-0.3, -0.25) is 9.59 Å². The molecule has 2 aromatic rings. The van der Waals surface area contributed by atoms with Crippen LogP contribution in [0.3, 0.4) is 0 Å². The highest BCUT2D eigenvalue weighted by atomic mass is 16.3. The maximum atomic E-state index is 12.0. The minimum absolute atomic E-state index is 0.0112. The van der Waals surface area contributed by atoms with Crippen LogP contribution in [0.2, 0.25) is 0 Å². The van der Waals surface area contributed by atoms with Crippen molar-refractivity contribution in [2.24, 2.45) is 0 Å². The molecule has 0 atom stereocenters. The Kier molecular flexibility index (Phi) is 3.61. The number of anilines is 1. The summed E-state index contributed by atoms with van der Waals surface area (Å²) < 4.78 is 0. The zero-order chi connectivity index (χ0) is 13.8. The molecule has 96 valence electrons. The molecular formula is C15H13NO3. The van der Waals surface area contributed by atoms with E-state index in [1.807, 2.05) is 6.07 Å². The third-order valence-corrected chi connectivity index (χ3v) is 2.67. The first-order valence-corrected chi connectivity index (χ1v) is 5.78. The number of hydrogen-bond donors (Lipinski definition) is 2. The first-order valence-electron chi connectivity index (χ1n) is 5.78. The number of ketones is 1. The van der Waals surface area contributed by atoms with Crippen molar-refractivity contribution in [1.29, 1.82) is 0 Å². The quantitative estimate of drug-likeness (QED) is 0.654. The Morgan fingerprint density at radius 1 is 1.05 bits per heavy atom. The monoisotopic (exact) mass is 255 g/mol. The molecule has 2 aromatic carbocycles. The van der Waals surface area contributed by atoms with Crippen LogP contribution < -0.4 is 5.32 Å². The molecule has 0 aromatic heterocycles. The zero-order valence-corrected chi connectivity index (χ0v) is 10.4. The van der Waals surface area contributed by atoms with Crippen molar-refractivity contribution >= 4 is 17.4 Å². The highest BCUT2D eigenvalue weighted by Crippen LogP contribution is 2.22. The van der Waals surface area contributed by atoms with Crippen LogP contribution in [0.4, 0.5) is 5.69 Å². The fourth-order valence-corrected chi connectivity index (χ4v) is 1.72. The molecule has 1 amide bonds. The molecule has 2 N–H and O–H groups in total. The maximum Gasteiger partial charge on any atom is 0.255 e. The van der Waals surface area contributed by atoms with Crippen LogP contribution in [0.5, 0.6) is 5.75 Å². The number of amides is 1. The first kappa shape index (κ1) is 12.8. The van der Waals surface area contributed by atoms with Crippen molar-refractivity contribution in [1.82, 2.24) is 0 Å². The number of phenolic OH excluding ortho intramolecular Hbond substituents is 1. The standard InChI is InChI=1S/C15H13NO3/c1-10(17)13-9-12(18)7-8-14(13)16-15(19)11-5-3-2-4-6-11/h2-9,18H,1H3,(H,16,19). The van der Waals surface area contributed by atoms with Crippen LogP contribution in [-0.2, 0) is 0 Å². The van der Waals surface area contributed by atoms with Gasteiger partial charge in [0.2, 0.25) is 0 Å². The Labute approximate surface area is 110 Å². The van der Waals surface area contributed by atoms with E-state index in [1.54, 1.807) is 24.3 Å². The molecule has 4 nitrogen and oxygen atoms in total. The lowest BCUT2D eigenvalue weighted by Gasteiger charge is -2.09. The SMILES string of the molecule is CC(=O)c1cc(O)ccc1NC(=O)c1ccccc1. The topological polar surface area (TPSA) is 66.4 Å². The number of Topliss-reactive ketones (excluding diaryl/α,β-unsaturated/α-hetero) is 1. The third kappa shape index (κ3) is 2.98. The van der Waals surface area contributed by atoms with E-state index in [0.717, 1.165) is 0 Å². The molecule has 19 heavy (non-hydrogen) atoms. The molecule has 0 saturated heterocycles. The fourth-order valence-electron chi connectivity index (χ4n) is 1.72. The minimum atomic E-state index is -0.297. The largest absolute Gasteiger partial charge is 0.508 e. The van der Waals surface area contributed by atoms with Gasteiger partial charge in [0.25, 0.3) is 5.91 Å². The Hall–Kier alpha value is -2.62. The van der Waals surface area contributed by atoms with Gasteiger partial charge in [0.05, 0.1) is 5.69 Å². The molecule has 0 aliphatic carbocycles. The molecule has 4 heteroatoms. The minimum Gasteiger partial charge on any atom is -0.508 e. The van der Waals surface area contributed by atoms with Crippen molar-refractivity contribution in [3.8, 4) is 5.75 Å². The molecule has 0 aliphatic heterocycles. The van der Waals surface area contributed by atoms with Crippen molar-refractivity contribution < 1.29 is 14.7 Å². The first-order chi connectivity index (χ1) is 9.08. The summed E-state index contributed by atoms with van der Waals surface area (Å²) in [6, 6.07) is 13.0. The van der Waals surface area contributed by atoms with Gasteiger partial charge in [-0.1, -0.05) is 18.2 Å². The van der Waals surface area contributed by atoms with E-state index in [1.165, 1.54) is 25.1 Å². The van der Waals surface area contributed by atoms with Gasteiger partial charge in [-0.2, -0.15) is 0 Å². The summed E-state index contributed by atoms with van der Waals surface area (Å²) >= 11 is 0. The van der Waals surface area contributed by atoms with E-state index in [2.05, 4.69) is 5.32 Å². The Balaban J connectivity index is 2.29. The van der Waals surface area contributed by atoms with E-state index in [4.69, 9.17) is 0 Å². The lowest BCUT2D eigenvalue weighted by molar-refractivity contribution is 0.101. The number of carbonyl (C=O) groups is 2. The Morgan fingerprint density at radius 2 is 1.74 bits per heavy atom. The molecule has 0 saturated carbocycles. The molecular weight excluding hydrogens is 242 g/mol. The highest BCUT2D eigenvalue weighted by molar-refractivity contribution is 6.09. The van der Waals surface area contributed by atoms with Crippen LogP contribution in [0, 0.1) is 0 Å². The van der Waals surface area contributed by atoms with Gasteiger partial charge in [0.1, 0.15) is 5.75 Å². The number of hydrogen-bond acceptors (Lipinski definition) is 3. The van der Waals surface area contributed by atoms with Gasteiger partial charge in [-0.05, 0) is 37.3 Å². The maximum absolute atomic E-state index is 12.0. The van der Waals surface area contributed by atoms with Gasteiger partial charge in [0, 0.05) is 11.1 Å². The summed E-state index contributed by atoms with van der Waals surface area (Å²) in [5.74, 6) is -0.532. The molecule has 0 radical (unpaired) electrons. The molecule has 0 aliphatic rings. The van der Waals surface area contributed by atoms with E-state index < -0.39 is 0 Å². The summed E-state index contributed by atoms with van der Waals surface area (Å²) in [7, 11) is 0. The van der Waals surface area contributed by atoms with E-state index in [-0.39, 0.29) is 23.0 Å². The second-order valence-electron chi connectivity index (χ2n) is 4.11. The van der Waals surface area contributed by atoms with Gasteiger partial charge in [0.15, 0.2) is 5.78 Å². The lowest BCUT2D eigenvalue weighted by Crippen LogP contribution is -2.14. The molecule has 0 spiro atoms. The van der Waals surface area contributed by atoms with Crippen LogP contribution in [0.15, 0.2) is 48.5 Å². The second kappa shape index (κ2) is 5.35. The summed E-state index contributed by atoms with van der Waals surface area (Å²) in [5.41, 5.74) is 1.17. The summed E-state index contributed by atoms with van der Waals surface area (Å²) in [4.78, 5) is 23.5. The van der Waals surface area contributed by atoms with E-state index in [0.29, 0.717) is 11.3 Å². The summed E-state index contributed by atoms with van der Waals surface area (Å²) in [5, 5.41) is 12.0. The van der Waals surface area contributed by atoms with Gasteiger partial charge in [-0.15, -0.1) is 0 Å². The number of nitrogens with one attached hydrogen (secondary N) is 1. The molecule has 2 rings (SSSR count). The van der Waals surface area contributed by atoms with Crippen LogP contribution in [0.25, 0.3) is 0 Å². The van der Waals surface area contributed by atoms with Crippen molar-refractivity contribution in [2.75, 3.05) is 5.32 Å². The van der Waals surface area contributed by atoms with Crippen LogP contribution >= 0.6 is 0 Å². The van der Waals surface area contributed by atoms with Crippen LogP contribution in [0.1, 0.15) is 27.6 Å². The van der Waals surface area contributed by atoms with Crippen molar-refractivity contribution in [2.45, 2.75) is 6.92 Å². The van der Waals surface area contributed by atoms with Gasteiger partial charge in [-0.25, -0.2) is 0 Å². The predicted molar refractivity (Wildman–Crippen MR) is 72.5 cm³/mol. The molecule has 0 heterocycles. The fraction of sp³-hybridized carbons (Fsp3) is 0.0667. The highest BCUT2D eigenvalue weighted by Gasteiger charge is 2.12. The average Bonchev–Trinajstić information content (AvgIpc) is 2.41. The molecule has 0 fully saturated rings. The predicted octanol–water partition coefficient (Wildman–Crippen LogP) is 2.85. The average molecular weight is 255 g/mol. The Morgan fingerprint density at radius 3 is 2.37 bits per heavy atom. The second-order valence-corrected chi connectivity index (χ2v) is 4.11. The lowest BCUT2D eigenvalue weighted by atomic mass is 10.1. The van der Waals surface area contributed by atoms with E-state index >= 15 is 0 Å². The zero-order valence-electron chi connectivity index (χ0n) is 10.4. The molecule has 0 bridgehead atoms. The van der Waals surface area contributed by atoms with Crippen LogP contribution in [-0.4, -0.2) is 16.8 Å². The number of benzene rings is 2. The van der Waals surface area contributed by atoms with Crippen molar-refractivity contribution in [3.05, 3.63) is 59.7 Å². The van der Waals surface area contributed by atoms with Gasteiger partial charge >= 0.3 is 0 Å². The van der Waals surface area contributed by atoms with E-state index in [9.17, 15) is 14.7 Å². The normalized spacial score (nSPS) is 9.95.